The molecule has 0 atom stereocenters. The van der Waals surface area contributed by atoms with E-state index in [1.54, 1.807) is 0 Å². The lowest BCUT2D eigenvalue weighted by molar-refractivity contribution is -0.112. The highest BCUT2D eigenvalue weighted by Crippen LogP contribution is 1.82. The van der Waals surface area contributed by atoms with Crippen LogP contribution in [0.1, 0.15) is 0 Å². The third kappa shape index (κ3) is 1.34. The fraction of sp³-hybridized carbons (Fsp3) is 0. The number of carbonyl (C=O) groups is 1. The zero-order chi connectivity index (χ0) is 7.40. The third-order valence-electron chi connectivity index (χ3n) is 0.710. The lowest BCUT2D eigenvalue weighted by Gasteiger charge is -1.87. The molecule has 1 aliphatic rings. The molecule has 0 aromatic rings. The van der Waals surface area contributed by atoms with E-state index in [1.807, 2.05) is 0 Å². The number of nitrogens with zero attached hydrogens (tertiary/aromatic N) is 4. The average molecular weight is 140 g/mol. The van der Waals surface area contributed by atoms with Crippen molar-refractivity contribution >= 4 is 18.1 Å². The minimum absolute atomic E-state index is 0.148. The number of hydrogen-bond donors (Lipinski definition) is 2. The van der Waals surface area contributed by atoms with Crippen molar-refractivity contribution in [3.8, 4) is 0 Å². The Balaban J connectivity index is 2.78. The van der Waals surface area contributed by atoms with Crippen LogP contribution in [0, 0.1) is 0 Å². The molecule has 52 valence electrons. The van der Waals surface area contributed by atoms with Crippen LogP contribution in [0.2, 0.25) is 0 Å². The number of carbonyl (C=O) groups excluding carboxylic acids is 1. The number of amidine groups is 1. The second-order valence-corrected chi connectivity index (χ2v) is 1.36. The number of hydrogen-bond acceptors (Lipinski definition) is 6. The summed E-state index contributed by atoms with van der Waals surface area (Å²) in [6.45, 7) is 0. The van der Waals surface area contributed by atoms with Gasteiger partial charge >= 0.3 is 0 Å². The fourth-order valence-electron chi connectivity index (χ4n) is 0.349. The number of primary amides is 1. The van der Waals surface area contributed by atoms with Crippen molar-refractivity contribution in [1.29, 1.82) is 0 Å². The van der Waals surface area contributed by atoms with Gasteiger partial charge in [0.15, 0.2) is 0 Å². The van der Waals surface area contributed by atoms with Crippen molar-refractivity contribution in [3.05, 3.63) is 0 Å². The average Bonchev–Trinajstić information content (AvgIpc) is 2.12. The van der Waals surface area contributed by atoms with E-state index in [0.717, 1.165) is 6.34 Å². The van der Waals surface area contributed by atoms with E-state index < -0.39 is 5.91 Å². The molecule has 0 aromatic heterocycles. The summed E-state index contributed by atoms with van der Waals surface area (Å²) in [7, 11) is 0. The van der Waals surface area contributed by atoms with Gasteiger partial charge < -0.3 is 5.73 Å². The highest BCUT2D eigenvalue weighted by atomic mass is 16.1. The van der Waals surface area contributed by atoms with Crippen LogP contribution in [0.25, 0.3) is 0 Å². The number of nitrogens with one attached hydrogen (secondary N) is 1. The Hall–Kier alpha value is -1.79. The summed E-state index contributed by atoms with van der Waals surface area (Å²) in [5, 5.41) is 9.89. The predicted molar refractivity (Wildman–Crippen MR) is 33.1 cm³/mol. The van der Waals surface area contributed by atoms with Gasteiger partial charge in [-0.05, 0) is 0 Å². The Kier molecular flexibility index (Phi) is 1.69. The number of amides is 1. The smallest absolute Gasteiger partial charge is 0.288 e. The molecular formula is C3H4N6O. The van der Waals surface area contributed by atoms with Gasteiger partial charge in [0.25, 0.3) is 5.91 Å². The van der Waals surface area contributed by atoms with Gasteiger partial charge in [0.1, 0.15) is 6.34 Å². The normalized spacial score (nSPS) is 15.4. The molecule has 7 heteroatoms. The second-order valence-electron chi connectivity index (χ2n) is 1.36. The third-order valence-corrected chi connectivity index (χ3v) is 0.710. The van der Waals surface area contributed by atoms with E-state index in [9.17, 15) is 4.79 Å². The highest BCUT2D eigenvalue weighted by Gasteiger charge is 2.03. The molecular weight excluding hydrogens is 136 g/mol. The van der Waals surface area contributed by atoms with Crippen LogP contribution in [0.15, 0.2) is 20.4 Å². The summed E-state index contributed by atoms with van der Waals surface area (Å²) in [5.41, 5.74) is 6.93. The molecule has 0 spiro atoms. The molecule has 10 heavy (non-hydrogen) atoms. The Morgan fingerprint density at radius 1 is 1.70 bits per heavy atom. The molecule has 1 aliphatic heterocycles. The molecule has 0 saturated heterocycles. The van der Waals surface area contributed by atoms with Gasteiger partial charge in [0, 0.05) is 0 Å². The van der Waals surface area contributed by atoms with Crippen LogP contribution < -0.4 is 11.3 Å². The maximum Gasteiger partial charge on any atom is 0.288 e. The topological polar surface area (TPSA) is 105 Å². The quantitative estimate of drug-likeness (QED) is 0.476. The molecule has 1 amide bonds. The van der Waals surface area contributed by atoms with E-state index in [1.165, 1.54) is 0 Å². The van der Waals surface area contributed by atoms with Gasteiger partial charge in [-0.2, -0.15) is 5.53 Å². The molecule has 1 rings (SSSR count). The van der Waals surface area contributed by atoms with Gasteiger partial charge in [-0.3, -0.25) is 4.79 Å². The van der Waals surface area contributed by atoms with Crippen LogP contribution in [0.4, 0.5) is 0 Å². The standard InChI is InChI=1S/C3H4N6O/c4-2(10)3-5-1-6-8-9-7-3/h1H,(H2,4,10)(H,5,6,7,8,9). The SMILES string of the molecule is NC(=O)C1=NNN=NC=N1. The lowest BCUT2D eigenvalue weighted by Crippen LogP contribution is -2.22. The molecule has 7 nitrogen and oxygen atoms in total. The van der Waals surface area contributed by atoms with Crippen molar-refractivity contribution in [2.24, 2.45) is 26.2 Å². The monoisotopic (exact) mass is 140 g/mol. The fourth-order valence-corrected chi connectivity index (χ4v) is 0.349. The maximum atomic E-state index is 10.4. The van der Waals surface area contributed by atoms with Crippen LogP contribution >= 0.6 is 0 Å². The highest BCUT2D eigenvalue weighted by molar-refractivity contribution is 6.38. The van der Waals surface area contributed by atoms with Gasteiger partial charge in [-0.25, -0.2) is 4.99 Å². The zero-order valence-electron chi connectivity index (χ0n) is 4.85. The first-order chi connectivity index (χ1) is 4.80. The summed E-state index contributed by atoms with van der Waals surface area (Å²) in [4.78, 5) is 13.8. The first-order valence-corrected chi connectivity index (χ1v) is 2.35. The van der Waals surface area contributed by atoms with Crippen molar-refractivity contribution in [2.75, 3.05) is 0 Å². The second kappa shape index (κ2) is 2.67. The summed E-state index contributed by atoms with van der Waals surface area (Å²) >= 11 is 0. The first kappa shape index (κ1) is 6.33. The van der Waals surface area contributed by atoms with Crippen LogP contribution in [0.5, 0.6) is 0 Å². The largest absolute Gasteiger partial charge is 0.363 e. The van der Waals surface area contributed by atoms with E-state index in [2.05, 4.69) is 26.0 Å². The Bertz CT molecular complexity index is 227. The minimum Gasteiger partial charge on any atom is -0.363 e. The summed E-state index contributed by atoms with van der Waals surface area (Å²) in [6.07, 6.45) is 1.07. The van der Waals surface area contributed by atoms with Gasteiger partial charge in [-0.1, -0.05) is 5.22 Å². The van der Waals surface area contributed by atoms with Crippen LogP contribution in [0.3, 0.4) is 0 Å². The molecule has 0 saturated carbocycles. The minimum atomic E-state index is -0.726. The lowest BCUT2D eigenvalue weighted by atomic mass is 10.6. The van der Waals surface area contributed by atoms with E-state index in [4.69, 9.17) is 5.73 Å². The Morgan fingerprint density at radius 2 is 2.50 bits per heavy atom. The van der Waals surface area contributed by atoms with Gasteiger partial charge in [-0.15, -0.1) is 10.2 Å². The van der Waals surface area contributed by atoms with Gasteiger partial charge in [0.2, 0.25) is 5.84 Å². The van der Waals surface area contributed by atoms with E-state index >= 15 is 0 Å². The van der Waals surface area contributed by atoms with Crippen molar-refractivity contribution in [1.82, 2.24) is 5.53 Å². The Morgan fingerprint density at radius 3 is 3.20 bits per heavy atom. The number of aliphatic imine (C=N–C) groups is 1. The zero-order valence-corrected chi connectivity index (χ0v) is 4.85. The summed E-state index contributed by atoms with van der Waals surface area (Å²) in [5.74, 6) is -0.874. The van der Waals surface area contributed by atoms with Gasteiger partial charge in [0.05, 0.1) is 0 Å². The summed E-state index contributed by atoms with van der Waals surface area (Å²) in [6, 6.07) is 0. The predicted octanol–water partition coefficient (Wildman–Crippen LogP) is -1.22. The first-order valence-electron chi connectivity index (χ1n) is 2.35. The van der Waals surface area contributed by atoms with Crippen molar-refractivity contribution < 1.29 is 4.79 Å². The maximum absolute atomic E-state index is 10.4. The van der Waals surface area contributed by atoms with E-state index in [0.29, 0.717) is 0 Å². The number of nitrogens with two attached hydrogens (primary N) is 1. The molecule has 1 heterocycles. The molecule has 0 aliphatic carbocycles. The van der Waals surface area contributed by atoms with Crippen LogP contribution in [-0.4, -0.2) is 18.1 Å². The van der Waals surface area contributed by atoms with Crippen molar-refractivity contribution in [2.45, 2.75) is 0 Å². The number of hydrazone groups is 1. The molecule has 3 N–H and O–H groups in total. The summed E-state index contributed by atoms with van der Waals surface area (Å²) < 4.78 is 0. The van der Waals surface area contributed by atoms with Crippen molar-refractivity contribution in [3.63, 3.8) is 0 Å². The number of rotatable bonds is 1. The van der Waals surface area contributed by atoms with E-state index in [-0.39, 0.29) is 5.84 Å². The molecule has 0 radical (unpaired) electrons. The molecule has 0 unspecified atom stereocenters. The molecule has 0 bridgehead atoms. The molecule has 0 aromatic carbocycles. The Labute approximate surface area is 55.7 Å². The molecule has 0 fully saturated rings. The van der Waals surface area contributed by atoms with Crippen LogP contribution in [-0.2, 0) is 4.79 Å².